The molecular formula is C50H65N9O9. The number of urea groups is 1. The molecule has 2 unspecified atom stereocenters. The van der Waals surface area contributed by atoms with E-state index in [1.165, 1.54) is 16.0 Å². The maximum atomic E-state index is 14.7. The number of anilines is 1. The van der Waals surface area contributed by atoms with Crippen LogP contribution < -0.4 is 15.6 Å². The fourth-order valence-corrected chi connectivity index (χ4v) is 11.4. The lowest BCUT2D eigenvalue weighted by molar-refractivity contribution is -0.157. The number of hydrogen-bond donors (Lipinski definition) is 2. The predicted octanol–water partition coefficient (Wildman–Crippen LogP) is 4.32. The Labute approximate surface area is 397 Å². The van der Waals surface area contributed by atoms with Gasteiger partial charge in [0.2, 0.25) is 11.8 Å². The Morgan fingerprint density at radius 3 is 2.62 bits per heavy atom. The minimum absolute atomic E-state index is 0.0489. The minimum Gasteiger partial charge on any atom is -0.464 e. The summed E-state index contributed by atoms with van der Waals surface area (Å²) in [5.74, 6) is -2.47. The molecule has 1 aromatic carbocycles. The van der Waals surface area contributed by atoms with Gasteiger partial charge in [-0.1, -0.05) is 20.4 Å². The van der Waals surface area contributed by atoms with E-state index in [0.717, 1.165) is 45.6 Å². The van der Waals surface area contributed by atoms with Crippen molar-refractivity contribution in [1.82, 2.24) is 40.0 Å². The van der Waals surface area contributed by atoms with Crippen molar-refractivity contribution in [2.24, 2.45) is 11.3 Å². The maximum absolute atomic E-state index is 14.7. The number of amides is 5. The summed E-state index contributed by atoms with van der Waals surface area (Å²) in [4.78, 5) is 80.7. The summed E-state index contributed by atoms with van der Waals surface area (Å²) in [5.41, 5.74) is 8.89. The summed E-state index contributed by atoms with van der Waals surface area (Å²) in [7, 11) is 3.27. The van der Waals surface area contributed by atoms with Gasteiger partial charge >= 0.3 is 12.0 Å². The van der Waals surface area contributed by atoms with E-state index in [9.17, 15) is 24.0 Å². The number of nitrogens with zero attached hydrogens (tertiary/aromatic N) is 7. The number of pyridine rings is 1. The van der Waals surface area contributed by atoms with Gasteiger partial charge in [-0.25, -0.2) is 10.2 Å². The monoisotopic (exact) mass is 935 g/mol. The zero-order valence-corrected chi connectivity index (χ0v) is 40.3. The van der Waals surface area contributed by atoms with Crippen molar-refractivity contribution in [1.29, 1.82) is 0 Å². The number of carbonyl (C=O) groups is 5. The van der Waals surface area contributed by atoms with Crippen molar-refractivity contribution < 1.29 is 42.9 Å². The average molecular weight is 936 g/mol. The highest BCUT2D eigenvalue weighted by atomic mass is 16.5. The van der Waals surface area contributed by atoms with Gasteiger partial charge in [-0.3, -0.25) is 34.1 Å². The Morgan fingerprint density at radius 1 is 1.10 bits per heavy atom. The number of hydrogen-bond acceptors (Lipinski definition) is 12. The third kappa shape index (κ3) is 8.42. The number of esters is 1. The normalized spacial score (nSPS) is 25.2. The summed E-state index contributed by atoms with van der Waals surface area (Å²) >= 11 is 0. The summed E-state index contributed by atoms with van der Waals surface area (Å²) in [6, 6.07) is 9.52. The average Bonchev–Trinajstić information content (AvgIpc) is 3.93. The van der Waals surface area contributed by atoms with Crippen molar-refractivity contribution in [2.45, 2.75) is 90.2 Å². The summed E-state index contributed by atoms with van der Waals surface area (Å²) in [5, 5.41) is 5.59. The number of morpholine rings is 1. The second-order valence-electron chi connectivity index (χ2n) is 20.0. The van der Waals surface area contributed by atoms with Crippen molar-refractivity contribution in [3.05, 3.63) is 71.7 Å². The van der Waals surface area contributed by atoms with E-state index in [0.29, 0.717) is 51.2 Å². The molecule has 3 aromatic rings. The third-order valence-corrected chi connectivity index (χ3v) is 14.7. The fourth-order valence-electron chi connectivity index (χ4n) is 11.4. The lowest BCUT2D eigenvalue weighted by Gasteiger charge is -2.47. The van der Waals surface area contributed by atoms with Crippen LogP contribution in [0, 0.1) is 11.3 Å². The van der Waals surface area contributed by atoms with Crippen LogP contribution in [0.3, 0.4) is 0 Å². The van der Waals surface area contributed by atoms with Gasteiger partial charge in [-0.2, -0.15) is 0 Å². The molecule has 5 atom stereocenters. The molecule has 18 nitrogen and oxygen atoms in total. The number of aryl methyl sites for hydroxylation is 1. The van der Waals surface area contributed by atoms with Crippen LogP contribution in [-0.2, 0) is 44.7 Å². The molecule has 2 N–H and O–H groups in total. The van der Waals surface area contributed by atoms with Gasteiger partial charge in [0, 0.05) is 86.6 Å². The van der Waals surface area contributed by atoms with Gasteiger partial charge in [-0.05, 0) is 87.6 Å². The first kappa shape index (κ1) is 47.3. The first-order chi connectivity index (χ1) is 32.6. The largest absolute Gasteiger partial charge is 0.464 e. The van der Waals surface area contributed by atoms with Gasteiger partial charge in [0.05, 0.1) is 56.3 Å². The topological polar surface area (TPSA) is 180 Å². The number of nitrogens with one attached hydrogen (secondary N) is 2. The van der Waals surface area contributed by atoms with Gasteiger partial charge in [0.1, 0.15) is 30.2 Å². The number of cyclic esters (lactones) is 1. The molecule has 68 heavy (non-hydrogen) atoms. The molecule has 9 rings (SSSR count). The molecule has 1 aliphatic carbocycles. The number of likely N-dealkylation sites (N-methyl/N-ethyl adjacent to an activating group) is 1. The van der Waals surface area contributed by atoms with Crippen molar-refractivity contribution in [2.75, 3.05) is 84.8 Å². The smallest absolute Gasteiger partial charge is 0.324 e. The number of allylic oxidation sites excluding steroid dienone is 1. The molecule has 0 saturated carbocycles. The van der Waals surface area contributed by atoms with E-state index in [4.69, 9.17) is 23.9 Å². The number of benzene rings is 1. The Hall–Kier alpha value is -5.82. The molecule has 4 saturated heterocycles. The second kappa shape index (κ2) is 18.6. The van der Waals surface area contributed by atoms with E-state index < -0.39 is 41.0 Å². The Morgan fingerprint density at radius 2 is 1.88 bits per heavy atom. The van der Waals surface area contributed by atoms with Crippen LogP contribution in [-0.4, -0.2) is 157 Å². The van der Waals surface area contributed by atoms with Crippen LogP contribution in [0.15, 0.2) is 60.5 Å². The number of ether oxygens (including phenoxy) is 4. The summed E-state index contributed by atoms with van der Waals surface area (Å²) in [6.45, 7) is 17.2. The standard InChI is InChI=1S/C50H65N9O9/c1-9-38(60)57-27-50(68-29-57)25-56(26-50)48(64)54(7)42(30(3)4)45(61)52-23-31-21-33-24-55(19-20-66-33)32-15-16-37-35(22-32)39-40(44(65-8)41-34(13-11-17-51-41)43(39)58(37)10-2)49(5,6)28-67-47(63)36-14-12-18-59(53-36)46(31)62/h9,11,13,15-17,22,31,33,36,40,44,53H,1,10,12,14,18-21,23-29H2,2-8H3,(H,52,61)/t31?,33-,36-,40?,44-/m0/s1. The number of hydrazine groups is 1. The highest BCUT2D eigenvalue weighted by Gasteiger charge is 2.53. The summed E-state index contributed by atoms with van der Waals surface area (Å²) in [6.07, 6.45) is 3.57. The van der Waals surface area contributed by atoms with Crippen LogP contribution in [0.5, 0.6) is 0 Å². The number of fused-ring (bicyclic) bond motifs is 8. The van der Waals surface area contributed by atoms with Crippen LogP contribution in [0.25, 0.3) is 22.2 Å². The molecule has 5 amide bonds. The van der Waals surface area contributed by atoms with Crippen molar-refractivity contribution in [3.63, 3.8) is 0 Å². The Balaban J connectivity index is 0.999. The van der Waals surface area contributed by atoms with E-state index in [1.807, 2.05) is 6.07 Å². The molecule has 6 aliphatic rings. The second-order valence-corrected chi connectivity index (χ2v) is 20.0. The molecule has 2 aromatic heterocycles. The van der Waals surface area contributed by atoms with Crippen LogP contribution >= 0.6 is 0 Å². The molecule has 4 fully saturated rings. The molecule has 6 bridgehead atoms. The molecule has 0 radical (unpaired) electrons. The zero-order chi connectivity index (χ0) is 48.2. The molecular weight excluding hydrogens is 871 g/mol. The molecule has 7 heterocycles. The van der Waals surface area contributed by atoms with E-state index in [1.54, 1.807) is 44.0 Å². The zero-order valence-electron chi connectivity index (χ0n) is 40.3. The van der Waals surface area contributed by atoms with E-state index in [-0.39, 0.29) is 75.0 Å². The number of rotatable bonds is 7. The molecule has 1 spiro atoms. The lowest BCUT2D eigenvalue weighted by Crippen LogP contribution is -2.67. The molecule has 18 heteroatoms. The maximum Gasteiger partial charge on any atom is 0.324 e. The Bertz CT molecular complexity index is 2540. The quantitative estimate of drug-likeness (QED) is 0.254. The van der Waals surface area contributed by atoms with Crippen LogP contribution in [0.4, 0.5) is 10.5 Å². The van der Waals surface area contributed by atoms with Gasteiger partial charge in [0.15, 0.2) is 0 Å². The predicted molar refractivity (Wildman–Crippen MR) is 253 cm³/mol. The highest BCUT2D eigenvalue weighted by molar-refractivity contribution is 5.98. The Kier molecular flexibility index (Phi) is 12.9. The third-order valence-electron chi connectivity index (χ3n) is 14.7. The van der Waals surface area contributed by atoms with Crippen LogP contribution in [0.2, 0.25) is 0 Å². The van der Waals surface area contributed by atoms with Crippen LogP contribution in [0.1, 0.15) is 77.2 Å². The van der Waals surface area contributed by atoms with Gasteiger partial charge in [0.25, 0.3) is 5.91 Å². The fraction of sp³-hybridized carbons (Fsp3) is 0.560. The van der Waals surface area contributed by atoms with Gasteiger partial charge in [-0.15, -0.1) is 0 Å². The minimum atomic E-state index is -0.774. The van der Waals surface area contributed by atoms with Crippen molar-refractivity contribution in [3.8, 4) is 11.3 Å². The summed E-state index contributed by atoms with van der Waals surface area (Å²) < 4.78 is 27.3. The molecule has 364 valence electrons. The van der Waals surface area contributed by atoms with Crippen molar-refractivity contribution >= 4 is 46.3 Å². The number of carbonyl (C=O) groups excluding carboxylic acids is 5. The lowest BCUT2D eigenvalue weighted by atomic mass is 9.67. The van der Waals surface area contributed by atoms with E-state index >= 15 is 0 Å². The van der Waals surface area contributed by atoms with Gasteiger partial charge < -0.3 is 43.5 Å². The number of likely N-dealkylation sites (tertiary alicyclic amines) is 1. The van der Waals surface area contributed by atoms with E-state index in [2.05, 4.69) is 71.8 Å². The number of methoxy groups -OCH3 is 1. The first-order valence-electron chi connectivity index (χ1n) is 23.9. The highest BCUT2D eigenvalue weighted by Crippen LogP contribution is 2.57. The first-order valence-corrected chi connectivity index (χ1v) is 23.9. The SMILES string of the molecule is C=CC(=O)N1COC2(C1)CN(C(=O)N(C)C(C(=O)NCC1C[C@H]3CN(CCO3)c3ccc4c(c3)c3c(n4CC)-c4cccnc4[C@@H](OC)C3C(C)(C)COC(=O)[C@@H]3CCCN(N3)C1=O)=C(C)C)C2. The number of aromatic nitrogens is 2. The molecule has 5 aliphatic heterocycles.